The molecule has 0 spiro atoms. The summed E-state index contributed by atoms with van der Waals surface area (Å²) < 4.78 is 10.8. The second kappa shape index (κ2) is 6.59. The van der Waals surface area contributed by atoms with Crippen LogP contribution in [-0.4, -0.2) is 16.8 Å². The molecule has 1 aliphatic rings. The van der Waals surface area contributed by atoms with E-state index in [1.807, 2.05) is 30.5 Å². The Morgan fingerprint density at radius 1 is 1.25 bits per heavy atom. The minimum atomic E-state index is 0.231. The van der Waals surface area contributed by atoms with Gasteiger partial charge < -0.3 is 14.8 Å². The molecule has 3 aromatic rings. The van der Waals surface area contributed by atoms with Gasteiger partial charge in [0.05, 0.1) is 5.69 Å². The van der Waals surface area contributed by atoms with Gasteiger partial charge in [0.1, 0.15) is 5.01 Å². The fraction of sp³-hybridized carbons (Fsp3) is 0.222. The van der Waals surface area contributed by atoms with Crippen molar-refractivity contribution < 1.29 is 9.47 Å². The van der Waals surface area contributed by atoms with E-state index < -0.39 is 0 Å². The zero-order valence-corrected chi connectivity index (χ0v) is 14.0. The Morgan fingerprint density at radius 3 is 3.04 bits per heavy atom. The number of hydrogen-bond acceptors (Lipinski definition) is 6. The number of hydrogen-bond donors (Lipinski definition) is 1. The molecule has 4 rings (SSSR count). The topological polar surface area (TPSA) is 56.3 Å². The van der Waals surface area contributed by atoms with Crippen LogP contribution < -0.4 is 14.8 Å². The van der Waals surface area contributed by atoms with Crippen molar-refractivity contribution in [3.05, 3.63) is 59.4 Å². The Kier molecular flexibility index (Phi) is 4.15. The number of aromatic nitrogens is 2. The highest BCUT2D eigenvalue weighted by Crippen LogP contribution is 2.36. The Hall–Kier alpha value is -2.44. The Balaban J connectivity index is 1.43. The van der Waals surface area contributed by atoms with Crippen molar-refractivity contribution in [3.63, 3.8) is 0 Å². The average Bonchev–Trinajstić information content (AvgIpc) is 3.29. The highest BCUT2D eigenvalue weighted by Gasteiger charge is 2.15. The number of pyridine rings is 1. The maximum atomic E-state index is 5.43. The van der Waals surface area contributed by atoms with Crippen LogP contribution in [0, 0.1) is 0 Å². The molecule has 122 valence electrons. The third-order valence-electron chi connectivity index (χ3n) is 3.95. The highest BCUT2D eigenvalue weighted by atomic mass is 32.1. The molecule has 0 aliphatic carbocycles. The number of benzene rings is 1. The molecule has 2 aromatic heterocycles. The van der Waals surface area contributed by atoms with E-state index in [-0.39, 0.29) is 12.8 Å². The van der Waals surface area contributed by atoms with Crippen LogP contribution in [0.1, 0.15) is 24.2 Å². The molecule has 0 bridgehead atoms. The van der Waals surface area contributed by atoms with Crippen LogP contribution in [0.15, 0.2) is 48.1 Å². The van der Waals surface area contributed by atoms with Crippen molar-refractivity contribution in [2.24, 2.45) is 0 Å². The lowest BCUT2D eigenvalue weighted by molar-refractivity contribution is 0.174. The largest absolute Gasteiger partial charge is 0.454 e. The second-order valence-electron chi connectivity index (χ2n) is 5.60. The Bertz CT molecular complexity index is 835. The summed E-state index contributed by atoms with van der Waals surface area (Å²) in [6.45, 7) is 3.14. The number of ether oxygens (including phenoxy) is 2. The van der Waals surface area contributed by atoms with Crippen LogP contribution in [0.5, 0.6) is 11.5 Å². The summed E-state index contributed by atoms with van der Waals surface area (Å²) in [5.41, 5.74) is 3.25. The van der Waals surface area contributed by atoms with Crippen molar-refractivity contribution >= 4 is 11.3 Å². The summed E-state index contributed by atoms with van der Waals surface area (Å²) in [6, 6.07) is 10.2. The standard InChI is InChI=1S/C18H17N3O2S/c1-12(14-3-2-6-19-8-14)20-9-15-10-24-18(21-15)13-4-5-16-17(7-13)23-11-22-16/h2-8,10,12,20H,9,11H2,1H3/t12-/m0/s1. The first-order valence-corrected chi connectivity index (χ1v) is 8.65. The van der Waals surface area contributed by atoms with Gasteiger partial charge in [-0.15, -0.1) is 11.3 Å². The normalized spacial score (nSPS) is 13.9. The predicted octanol–water partition coefficient (Wildman–Crippen LogP) is 3.78. The van der Waals surface area contributed by atoms with Gasteiger partial charge >= 0.3 is 0 Å². The van der Waals surface area contributed by atoms with Gasteiger partial charge in [0, 0.05) is 35.9 Å². The minimum Gasteiger partial charge on any atom is -0.454 e. The van der Waals surface area contributed by atoms with Gasteiger partial charge in [0.15, 0.2) is 11.5 Å². The molecule has 1 atom stereocenters. The van der Waals surface area contributed by atoms with Crippen molar-refractivity contribution in [2.75, 3.05) is 6.79 Å². The summed E-state index contributed by atoms with van der Waals surface area (Å²) >= 11 is 1.64. The molecule has 0 unspecified atom stereocenters. The van der Waals surface area contributed by atoms with Gasteiger partial charge in [-0.3, -0.25) is 4.98 Å². The van der Waals surface area contributed by atoms with E-state index in [2.05, 4.69) is 28.7 Å². The number of rotatable bonds is 5. The second-order valence-corrected chi connectivity index (χ2v) is 6.46. The van der Waals surface area contributed by atoms with E-state index in [1.54, 1.807) is 17.5 Å². The first-order chi connectivity index (χ1) is 11.8. The van der Waals surface area contributed by atoms with Gasteiger partial charge in [0.2, 0.25) is 6.79 Å². The van der Waals surface area contributed by atoms with Gasteiger partial charge in [0.25, 0.3) is 0 Å². The van der Waals surface area contributed by atoms with Crippen molar-refractivity contribution in [1.82, 2.24) is 15.3 Å². The molecule has 6 heteroatoms. The lowest BCUT2D eigenvalue weighted by atomic mass is 10.1. The predicted molar refractivity (Wildman–Crippen MR) is 93.2 cm³/mol. The summed E-state index contributed by atoms with van der Waals surface area (Å²) in [5, 5.41) is 6.55. The van der Waals surface area contributed by atoms with Crippen LogP contribution in [0.2, 0.25) is 0 Å². The van der Waals surface area contributed by atoms with Crippen LogP contribution in [0.4, 0.5) is 0 Å². The molecule has 1 aromatic carbocycles. The molecule has 0 saturated carbocycles. The molecule has 3 heterocycles. The van der Waals surface area contributed by atoms with Crippen LogP contribution >= 0.6 is 11.3 Å². The number of nitrogens with zero attached hydrogens (tertiary/aromatic N) is 2. The Morgan fingerprint density at radius 2 is 2.17 bits per heavy atom. The highest BCUT2D eigenvalue weighted by molar-refractivity contribution is 7.13. The zero-order valence-electron chi connectivity index (χ0n) is 13.2. The third kappa shape index (κ3) is 3.11. The first-order valence-electron chi connectivity index (χ1n) is 7.77. The summed E-state index contributed by atoms with van der Waals surface area (Å²) in [5.74, 6) is 1.58. The molecule has 0 saturated heterocycles. The molecule has 0 amide bonds. The Labute approximate surface area is 144 Å². The summed E-state index contributed by atoms with van der Waals surface area (Å²) in [6.07, 6.45) is 3.67. The van der Waals surface area contributed by atoms with Crippen LogP contribution in [-0.2, 0) is 6.54 Å². The first kappa shape index (κ1) is 15.1. The van der Waals surface area contributed by atoms with Crippen molar-refractivity contribution in [2.45, 2.75) is 19.5 Å². The summed E-state index contributed by atoms with van der Waals surface area (Å²) in [4.78, 5) is 8.87. The molecule has 1 N–H and O–H groups in total. The van der Waals surface area contributed by atoms with E-state index in [4.69, 9.17) is 14.5 Å². The number of nitrogens with one attached hydrogen (secondary N) is 1. The minimum absolute atomic E-state index is 0.231. The molecule has 0 radical (unpaired) electrons. The quantitative estimate of drug-likeness (QED) is 0.766. The number of fused-ring (bicyclic) bond motifs is 1. The smallest absolute Gasteiger partial charge is 0.231 e. The molecule has 0 fully saturated rings. The molecular formula is C18H17N3O2S. The average molecular weight is 339 g/mol. The zero-order chi connectivity index (χ0) is 16.4. The lowest BCUT2D eigenvalue weighted by Gasteiger charge is -2.12. The number of thiazole rings is 1. The van der Waals surface area contributed by atoms with Gasteiger partial charge in [-0.1, -0.05) is 6.07 Å². The SMILES string of the molecule is C[C@H](NCc1csc(-c2ccc3c(c2)OCO3)n1)c1cccnc1. The molecule has 24 heavy (non-hydrogen) atoms. The van der Waals surface area contributed by atoms with E-state index in [0.717, 1.165) is 34.3 Å². The van der Waals surface area contributed by atoms with E-state index in [0.29, 0.717) is 0 Å². The third-order valence-corrected chi connectivity index (χ3v) is 4.89. The van der Waals surface area contributed by atoms with Crippen molar-refractivity contribution in [3.8, 4) is 22.1 Å². The fourth-order valence-electron chi connectivity index (χ4n) is 2.56. The van der Waals surface area contributed by atoms with E-state index in [9.17, 15) is 0 Å². The van der Waals surface area contributed by atoms with Crippen LogP contribution in [0.25, 0.3) is 10.6 Å². The van der Waals surface area contributed by atoms with Crippen LogP contribution in [0.3, 0.4) is 0 Å². The molecular weight excluding hydrogens is 322 g/mol. The van der Waals surface area contributed by atoms with Crippen molar-refractivity contribution in [1.29, 1.82) is 0 Å². The lowest BCUT2D eigenvalue weighted by Crippen LogP contribution is -2.18. The monoisotopic (exact) mass is 339 g/mol. The van der Waals surface area contributed by atoms with Gasteiger partial charge in [-0.25, -0.2) is 4.98 Å². The molecule has 5 nitrogen and oxygen atoms in total. The van der Waals surface area contributed by atoms with E-state index in [1.165, 1.54) is 5.56 Å². The van der Waals surface area contributed by atoms with Gasteiger partial charge in [-0.2, -0.15) is 0 Å². The van der Waals surface area contributed by atoms with E-state index >= 15 is 0 Å². The maximum absolute atomic E-state index is 5.43. The maximum Gasteiger partial charge on any atom is 0.231 e. The van der Waals surface area contributed by atoms with Gasteiger partial charge in [-0.05, 0) is 36.8 Å². The molecule has 1 aliphatic heterocycles. The fourth-order valence-corrected chi connectivity index (χ4v) is 3.37. The summed E-state index contributed by atoms with van der Waals surface area (Å²) in [7, 11) is 0.